The van der Waals surface area contributed by atoms with Gasteiger partial charge in [-0.25, -0.2) is 0 Å². The van der Waals surface area contributed by atoms with Gasteiger partial charge in [0.2, 0.25) is 0 Å². The van der Waals surface area contributed by atoms with Crippen molar-refractivity contribution in [1.29, 1.82) is 0 Å². The predicted octanol–water partition coefficient (Wildman–Crippen LogP) is 13.0. The minimum Gasteiger partial charge on any atom is -0.394 e. The summed E-state index contributed by atoms with van der Waals surface area (Å²) in [6, 6.07) is 0. The Morgan fingerprint density at radius 3 is 0.767 bits per heavy atom. The lowest BCUT2D eigenvalue weighted by Crippen LogP contribution is -2.10. The summed E-state index contributed by atoms with van der Waals surface area (Å²) >= 11 is 0. The second kappa shape index (κ2) is 44.0. The fraction of sp³-hybridized carbons (Fsp3) is 1.00. The van der Waals surface area contributed by atoms with E-state index in [9.17, 15) is 5.11 Å². The SMILES string of the molecule is CCCCCCCCCCCCCCCCC(O)CO.CCCCCCCCCCCCCCCCCCCCCCN. The zero-order chi connectivity index (χ0) is 31.7. The van der Waals surface area contributed by atoms with Crippen LogP contribution >= 0.6 is 0 Å². The van der Waals surface area contributed by atoms with Crippen LogP contribution in [0.3, 0.4) is 0 Å². The standard InChI is InChI=1S/C22H47N.C18H38O2/c1-2-3-4-5-6-7-8-9-10-11-12-13-14-15-16-17-18-19-20-21-22-23;1-2-3-4-5-6-7-8-9-10-11-12-13-14-15-16-18(20)17-19/h2-23H2,1H3;18-20H,2-17H2,1H3. The van der Waals surface area contributed by atoms with Crippen LogP contribution in [-0.4, -0.2) is 29.5 Å². The molecule has 0 aromatic carbocycles. The zero-order valence-electron chi connectivity index (χ0n) is 30.2. The molecular formula is C40H85NO2. The topological polar surface area (TPSA) is 66.5 Å². The lowest BCUT2D eigenvalue weighted by molar-refractivity contribution is 0.0860. The van der Waals surface area contributed by atoms with Crippen LogP contribution in [0.2, 0.25) is 0 Å². The summed E-state index contributed by atoms with van der Waals surface area (Å²) in [6.45, 7) is 5.36. The molecule has 43 heavy (non-hydrogen) atoms. The molecule has 0 saturated heterocycles. The summed E-state index contributed by atoms with van der Waals surface area (Å²) < 4.78 is 0. The maximum Gasteiger partial charge on any atom is 0.0770 e. The van der Waals surface area contributed by atoms with Crippen LogP contribution in [-0.2, 0) is 0 Å². The number of rotatable bonds is 36. The van der Waals surface area contributed by atoms with Gasteiger partial charge in [-0.05, 0) is 19.4 Å². The van der Waals surface area contributed by atoms with Gasteiger partial charge in [0.25, 0.3) is 0 Å². The van der Waals surface area contributed by atoms with E-state index in [1.165, 1.54) is 212 Å². The highest BCUT2D eigenvalue weighted by Crippen LogP contribution is 2.15. The van der Waals surface area contributed by atoms with Crippen LogP contribution in [0.4, 0.5) is 0 Å². The molecule has 0 amide bonds. The fourth-order valence-corrected chi connectivity index (χ4v) is 6.07. The highest BCUT2D eigenvalue weighted by Gasteiger charge is 2.01. The van der Waals surface area contributed by atoms with Gasteiger partial charge in [0.05, 0.1) is 12.7 Å². The third-order valence-electron chi connectivity index (χ3n) is 9.16. The smallest absolute Gasteiger partial charge is 0.0770 e. The van der Waals surface area contributed by atoms with Crippen LogP contribution in [0.15, 0.2) is 0 Å². The molecule has 3 nitrogen and oxygen atoms in total. The van der Waals surface area contributed by atoms with Crippen LogP contribution in [0.25, 0.3) is 0 Å². The molecule has 3 heteroatoms. The van der Waals surface area contributed by atoms with E-state index < -0.39 is 6.10 Å². The molecule has 0 aliphatic heterocycles. The molecule has 0 bridgehead atoms. The third kappa shape index (κ3) is 46.4. The normalized spacial score (nSPS) is 11.9. The summed E-state index contributed by atoms with van der Waals surface area (Å²) in [7, 11) is 0. The largest absolute Gasteiger partial charge is 0.394 e. The summed E-state index contributed by atoms with van der Waals surface area (Å²) in [5.74, 6) is 0. The molecule has 0 spiro atoms. The molecular weight excluding hydrogens is 526 g/mol. The average Bonchev–Trinajstić information content (AvgIpc) is 3.02. The molecule has 4 N–H and O–H groups in total. The molecule has 0 fully saturated rings. The lowest BCUT2D eigenvalue weighted by Gasteiger charge is -2.06. The minimum atomic E-state index is -0.493. The average molecular weight is 612 g/mol. The first-order valence-electron chi connectivity index (χ1n) is 20.2. The molecule has 0 aliphatic carbocycles. The van der Waals surface area contributed by atoms with Crippen LogP contribution in [0, 0.1) is 0 Å². The molecule has 0 aromatic rings. The molecule has 1 unspecified atom stereocenters. The molecule has 0 radical (unpaired) electrons. The molecule has 0 rings (SSSR count). The van der Waals surface area contributed by atoms with Gasteiger partial charge in [0, 0.05) is 0 Å². The molecule has 262 valence electrons. The summed E-state index contributed by atoms with van der Waals surface area (Å²) in [6.07, 6.45) is 48.1. The van der Waals surface area contributed by atoms with Crippen molar-refractivity contribution in [1.82, 2.24) is 0 Å². The molecule has 0 heterocycles. The van der Waals surface area contributed by atoms with Gasteiger partial charge in [-0.3, -0.25) is 0 Å². The van der Waals surface area contributed by atoms with Crippen LogP contribution in [0.1, 0.15) is 239 Å². The number of hydrogen-bond acceptors (Lipinski definition) is 3. The van der Waals surface area contributed by atoms with E-state index in [1.54, 1.807) is 0 Å². The van der Waals surface area contributed by atoms with E-state index in [-0.39, 0.29) is 6.61 Å². The Balaban J connectivity index is 0. The first-order valence-corrected chi connectivity index (χ1v) is 20.2. The maximum absolute atomic E-state index is 9.20. The quantitative estimate of drug-likeness (QED) is 0.0617. The van der Waals surface area contributed by atoms with Crippen molar-refractivity contribution in [3.05, 3.63) is 0 Å². The molecule has 0 aromatic heterocycles. The highest BCUT2D eigenvalue weighted by molar-refractivity contribution is 4.54. The Morgan fingerprint density at radius 1 is 0.349 bits per heavy atom. The van der Waals surface area contributed by atoms with Gasteiger partial charge < -0.3 is 15.9 Å². The number of unbranched alkanes of at least 4 members (excludes halogenated alkanes) is 32. The van der Waals surface area contributed by atoms with E-state index in [2.05, 4.69) is 13.8 Å². The van der Waals surface area contributed by atoms with E-state index >= 15 is 0 Å². The lowest BCUT2D eigenvalue weighted by atomic mass is 10.0. The predicted molar refractivity (Wildman–Crippen MR) is 195 cm³/mol. The monoisotopic (exact) mass is 612 g/mol. The second-order valence-electron chi connectivity index (χ2n) is 13.7. The Bertz CT molecular complexity index is 424. The molecule has 0 aliphatic rings. The van der Waals surface area contributed by atoms with Gasteiger partial charge in [0.15, 0.2) is 0 Å². The van der Waals surface area contributed by atoms with E-state index in [4.69, 9.17) is 10.8 Å². The zero-order valence-corrected chi connectivity index (χ0v) is 30.2. The van der Waals surface area contributed by atoms with Gasteiger partial charge in [-0.15, -0.1) is 0 Å². The number of hydrogen-bond donors (Lipinski definition) is 3. The van der Waals surface area contributed by atoms with E-state index in [0.29, 0.717) is 0 Å². The van der Waals surface area contributed by atoms with Crippen molar-refractivity contribution < 1.29 is 10.2 Å². The summed E-state index contributed by atoms with van der Waals surface area (Å²) in [5, 5.41) is 17.9. The minimum absolute atomic E-state index is 0.0849. The van der Waals surface area contributed by atoms with Crippen molar-refractivity contribution in [3.8, 4) is 0 Å². The first kappa shape index (κ1) is 45.0. The van der Waals surface area contributed by atoms with Crippen LogP contribution < -0.4 is 5.73 Å². The summed E-state index contributed by atoms with van der Waals surface area (Å²) in [4.78, 5) is 0. The van der Waals surface area contributed by atoms with Crippen molar-refractivity contribution in [2.75, 3.05) is 13.2 Å². The Morgan fingerprint density at radius 2 is 0.558 bits per heavy atom. The Labute approximate surface area is 273 Å². The number of nitrogens with two attached hydrogens (primary N) is 1. The Kier molecular flexibility index (Phi) is 46.1. The first-order chi connectivity index (χ1) is 21.2. The fourth-order valence-electron chi connectivity index (χ4n) is 6.07. The Hall–Kier alpha value is -0.120. The van der Waals surface area contributed by atoms with Crippen molar-refractivity contribution in [2.45, 2.75) is 245 Å². The van der Waals surface area contributed by atoms with Gasteiger partial charge in [-0.2, -0.15) is 0 Å². The summed E-state index contributed by atoms with van der Waals surface area (Å²) in [5.41, 5.74) is 5.51. The highest BCUT2D eigenvalue weighted by atomic mass is 16.3. The number of aliphatic hydroxyl groups excluding tert-OH is 2. The van der Waals surface area contributed by atoms with Crippen molar-refractivity contribution in [3.63, 3.8) is 0 Å². The van der Waals surface area contributed by atoms with Gasteiger partial charge in [-0.1, -0.05) is 226 Å². The second-order valence-corrected chi connectivity index (χ2v) is 13.7. The van der Waals surface area contributed by atoms with Crippen LogP contribution in [0.5, 0.6) is 0 Å². The third-order valence-corrected chi connectivity index (χ3v) is 9.16. The van der Waals surface area contributed by atoms with Gasteiger partial charge >= 0.3 is 0 Å². The van der Waals surface area contributed by atoms with Crippen molar-refractivity contribution >= 4 is 0 Å². The molecule has 0 saturated carbocycles. The maximum atomic E-state index is 9.20. The van der Waals surface area contributed by atoms with E-state index in [1.807, 2.05) is 0 Å². The van der Waals surface area contributed by atoms with E-state index in [0.717, 1.165) is 19.4 Å². The number of aliphatic hydroxyl groups is 2. The van der Waals surface area contributed by atoms with Gasteiger partial charge in [0.1, 0.15) is 0 Å². The van der Waals surface area contributed by atoms with Crippen molar-refractivity contribution in [2.24, 2.45) is 5.73 Å². The molecule has 1 atom stereocenters.